The minimum absolute atomic E-state index is 0.213. The molecule has 11 heteroatoms. The zero-order valence-electron chi connectivity index (χ0n) is 21.9. The number of hydrogen-bond acceptors (Lipinski definition) is 6. The Morgan fingerprint density at radius 2 is 1.72 bits per heavy atom. The number of amides is 1. The summed E-state index contributed by atoms with van der Waals surface area (Å²) in [5.74, 6) is 0.303. The molecule has 202 valence electrons. The van der Waals surface area contributed by atoms with E-state index in [0.717, 1.165) is 32.5 Å². The van der Waals surface area contributed by atoms with E-state index in [4.69, 9.17) is 10.5 Å². The summed E-state index contributed by atoms with van der Waals surface area (Å²) in [5.41, 5.74) is 13.7. The number of hydrogen-bond donors (Lipinski definition) is 2. The first kappa shape index (κ1) is 26.2. The molecular formula is C28H27F3N6O2. The molecule has 1 aliphatic rings. The number of aryl methyl sites for hydroxylation is 2. The normalized spacial score (nSPS) is 13.5. The van der Waals surface area contributed by atoms with Gasteiger partial charge in [0.05, 0.1) is 12.2 Å². The van der Waals surface area contributed by atoms with Gasteiger partial charge in [0.25, 0.3) is 5.91 Å². The first-order valence-corrected chi connectivity index (χ1v) is 12.3. The van der Waals surface area contributed by atoms with Gasteiger partial charge in [0.1, 0.15) is 18.7 Å². The summed E-state index contributed by atoms with van der Waals surface area (Å²) in [6.45, 7) is 6.67. The Hall–Kier alpha value is -4.41. The van der Waals surface area contributed by atoms with E-state index in [-0.39, 0.29) is 17.4 Å². The Labute approximate surface area is 223 Å². The fourth-order valence-corrected chi connectivity index (χ4v) is 4.96. The molecular weight excluding hydrogens is 509 g/mol. The van der Waals surface area contributed by atoms with Crippen LogP contribution in [0, 0.1) is 27.7 Å². The number of nitrogens with one attached hydrogen (secondary N) is 1. The average Bonchev–Trinajstić information content (AvgIpc) is 3.03. The molecule has 4 aromatic rings. The molecule has 0 unspecified atom stereocenters. The van der Waals surface area contributed by atoms with E-state index in [1.807, 2.05) is 44.2 Å². The molecule has 0 radical (unpaired) electrons. The number of benzene rings is 2. The number of carbonyl (C=O) groups excluding carboxylic acids is 1. The average molecular weight is 537 g/mol. The Morgan fingerprint density at radius 1 is 1.05 bits per heavy atom. The minimum atomic E-state index is -4.36. The number of aromatic nitrogens is 4. The van der Waals surface area contributed by atoms with E-state index in [0.29, 0.717) is 47.2 Å². The molecule has 2 aromatic carbocycles. The number of nitrogens with two attached hydrogens (primary N) is 1. The zero-order chi connectivity index (χ0) is 28.1. The summed E-state index contributed by atoms with van der Waals surface area (Å²) in [4.78, 5) is 21.4. The predicted molar refractivity (Wildman–Crippen MR) is 141 cm³/mol. The molecule has 8 nitrogen and oxygen atoms in total. The molecule has 5 rings (SSSR count). The second-order valence-corrected chi connectivity index (χ2v) is 9.57. The Kier molecular flexibility index (Phi) is 6.53. The molecule has 3 N–H and O–H groups in total. The summed E-state index contributed by atoms with van der Waals surface area (Å²) in [6.07, 6.45) is -2.91. The highest BCUT2D eigenvalue weighted by Crippen LogP contribution is 2.40. The van der Waals surface area contributed by atoms with Crippen LogP contribution in [0.1, 0.15) is 32.9 Å². The van der Waals surface area contributed by atoms with Crippen LogP contribution in [0.2, 0.25) is 0 Å². The molecule has 39 heavy (non-hydrogen) atoms. The van der Waals surface area contributed by atoms with Gasteiger partial charge in [0.15, 0.2) is 5.82 Å². The first-order valence-electron chi connectivity index (χ1n) is 12.3. The minimum Gasteiger partial charge on any atom is -0.475 e. The van der Waals surface area contributed by atoms with Crippen LogP contribution < -0.4 is 15.8 Å². The molecule has 0 saturated carbocycles. The van der Waals surface area contributed by atoms with Gasteiger partial charge in [-0.15, -0.1) is 0 Å². The topological polar surface area (TPSA) is 108 Å². The van der Waals surface area contributed by atoms with E-state index in [9.17, 15) is 18.0 Å². The van der Waals surface area contributed by atoms with E-state index >= 15 is 0 Å². The number of rotatable bonds is 4. The van der Waals surface area contributed by atoms with Gasteiger partial charge in [-0.1, -0.05) is 24.3 Å². The van der Waals surface area contributed by atoms with Gasteiger partial charge >= 0.3 is 6.18 Å². The van der Waals surface area contributed by atoms with Crippen molar-refractivity contribution in [1.29, 1.82) is 0 Å². The SMILES string of the molecule is Cc1cc(-c2ncc3c(n2)OCCNC3=O)c(-c2ccc(-c3c(C)nn(CC(F)(F)F)c3C)cc2)c(C)c1N. The second-order valence-electron chi connectivity index (χ2n) is 9.57. The lowest BCUT2D eigenvalue weighted by molar-refractivity contribution is -0.142. The standard InChI is InChI=1S/C28H27F3N6O2/c1-14-11-20(25-34-12-21-26(38)33-9-10-39-27(21)35-25)22(15(2)24(14)32)18-5-7-19(8-6-18)23-16(3)36-37(17(23)4)13-28(29,30)31/h5-8,11-12H,9-10,13,32H2,1-4H3,(H,33,38). The molecule has 0 fully saturated rings. The van der Waals surface area contributed by atoms with Gasteiger partial charge in [-0.05, 0) is 61.6 Å². The highest BCUT2D eigenvalue weighted by molar-refractivity contribution is 5.97. The predicted octanol–water partition coefficient (Wildman–Crippen LogP) is 5.17. The van der Waals surface area contributed by atoms with Gasteiger partial charge in [0, 0.05) is 28.7 Å². The zero-order valence-corrected chi connectivity index (χ0v) is 21.9. The number of ether oxygens (including phenoxy) is 1. The van der Waals surface area contributed by atoms with Crippen LogP contribution in [0.5, 0.6) is 5.88 Å². The van der Waals surface area contributed by atoms with Crippen molar-refractivity contribution in [3.8, 4) is 39.5 Å². The fourth-order valence-electron chi connectivity index (χ4n) is 4.96. The van der Waals surface area contributed by atoms with Gasteiger partial charge in [-0.3, -0.25) is 9.48 Å². The molecule has 3 heterocycles. The van der Waals surface area contributed by atoms with Crippen molar-refractivity contribution in [2.45, 2.75) is 40.4 Å². The fraction of sp³-hybridized carbons (Fsp3) is 0.286. The molecule has 0 bridgehead atoms. The highest BCUT2D eigenvalue weighted by atomic mass is 19.4. The smallest absolute Gasteiger partial charge is 0.408 e. The summed E-state index contributed by atoms with van der Waals surface area (Å²) in [7, 11) is 0. The van der Waals surface area contributed by atoms with Crippen molar-refractivity contribution < 1.29 is 22.7 Å². The maximum Gasteiger partial charge on any atom is 0.408 e. The number of alkyl halides is 3. The van der Waals surface area contributed by atoms with Gasteiger partial charge in [-0.2, -0.15) is 23.3 Å². The second kappa shape index (κ2) is 9.72. The lowest BCUT2D eigenvalue weighted by atomic mass is 9.90. The number of nitrogen functional groups attached to an aromatic ring is 1. The monoisotopic (exact) mass is 536 g/mol. The van der Waals surface area contributed by atoms with Crippen molar-refractivity contribution in [1.82, 2.24) is 25.1 Å². The van der Waals surface area contributed by atoms with Crippen LogP contribution in [0.4, 0.5) is 18.9 Å². The molecule has 0 atom stereocenters. The van der Waals surface area contributed by atoms with Crippen molar-refractivity contribution in [3.05, 3.63) is 64.6 Å². The third-order valence-corrected chi connectivity index (χ3v) is 6.87. The Morgan fingerprint density at radius 3 is 2.38 bits per heavy atom. The number of carbonyl (C=O) groups is 1. The van der Waals surface area contributed by atoms with Crippen LogP contribution in [-0.2, 0) is 6.54 Å². The third kappa shape index (κ3) is 4.91. The summed E-state index contributed by atoms with van der Waals surface area (Å²) in [5, 5.41) is 6.85. The van der Waals surface area contributed by atoms with Crippen molar-refractivity contribution in [2.24, 2.45) is 0 Å². The molecule has 1 amide bonds. The number of fused-ring (bicyclic) bond motifs is 1. The Bertz CT molecular complexity index is 1590. The van der Waals surface area contributed by atoms with E-state index in [1.54, 1.807) is 13.8 Å². The quantitative estimate of drug-likeness (QED) is 0.348. The van der Waals surface area contributed by atoms with Crippen molar-refractivity contribution in [2.75, 3.05) is 18.9 Å². The molecule has 1 aliphatic heterocycles. The summed E-state index contributed by atoms with van der Waals surface area (Å²) < 4.78 is 45.7. The first-order chi connectivity index (χ1) is 18.4. The van der Waals surface area contributed by atoms with Crippen LogP contribution in [-0.4, -0.2) is 45.0 Å². The van der Waals surface area contributed by atoms with E-state index in [1.165, 1.54) is 6.20 Å². The molecule has 0 spiro atoms. The molecule has 2 aromatic heterocycles. The van der Waals surface area contributed by atoms with Gasteiger partial charge < -0.3 is 15.8 Å². The van der Waals surface area contributed by atoms with Gasteiger partial charge in [-0.25, -0.2) is 4.98 Å². The Balaban J connectivity index is 1.59. The molecule has 0 aliphatic carbocycles. The van der Waals surface area contributed by atoms with Gasteiger partial charge in [0.2, 0.25) is 5.88 Å². The van der Waals surface area contributed by atoms with Crippen LogP contribution in [0.15, 0.2) is 36.5 Å². The van der Waals surface area contributed by atoms with Crippen molar-refractivity contribution in [3.63, 3.8) is 0 Å². The lowest BCUT2D eigenvalue weighted by Gasteiger charge is -2.18. The number of nitrogens with zero attached hydrogens (tertiary/aromatic N) is 4. The summed E-state index contributed by atoms with van der Waals surface area (Å²) in [6, 6.07) is 9.40. The number of anilines is 1. The van der Waals surface area contributed by atoms with E-state index in [2.05, 4.69) is 20.4 Å². The lowest BCUT2D eigenvalue weighted by Crippen LogP contribution is -2.24. The number of halogens is 3. The van der Waals surface area contributed by atoms with Crippen LogP contribution in [0.25, 0.3) is 33.6 Å². The highest BCUT2D eigenvalue weighted by Gasteiger charge is 2.30. The van der Waals surface area contributed by atoms with Crippen LogP contribution in [0.3, 0.4) is 0 Å². The molecule has 0 saturated heterocycles. The van der Waals surface area contributed by atoms with Crippen molar-refractivity contribution >= 4 is 11.6 Å². The largest absolute Gasteiger partial charge is 0.475 e. The summed E-state index contributed by atoms with van der Waals surface area (Å²) >= 11 is 0. The van der Waals surface area contributed by atoms with E-state index < -0.39 is 12.7 Å². The van der Waals surface area contributed by atoms with Crippen LogP contribution >= 0.6 is 0 Å². The maximum atomic E-state index is 13.0. The maximum absolute atomic E-state index is 13.0. The third-order valence-electron chi connectivity index (χ3n) is 6.87.